The molecule has 1 aliphatic rings. The zero-order valence-corrected chi connectivity index (χ0v) is 14.5. The summed E-state index contributed by atoms with van der Waals surface area (Å²) in [6.07, 6.45) is -0.240. The van der Waals surface area contributed by atoms with Crippen LogP contribution in [0.3, 0.4) is 0 Å². The Morgan fingerprint density at radius 2 is 2.00 bits per heavy atom. The highest BCUT2D eigenvalue weighted by Gasteiger charge is 2.26. The lowest BCUT2D eigenvalue weighted by atomic mass is 10.2. The molecule has 2 aromatic rings. The minimum Gasteiger partial charge on any atom is -0.486 e. The van der Waals surface area contributed by atoms with Gasteiger partial charge in [-0.3, -0.25) is 9.69 Å². The zero-order chi connectivity index (χ0) is 18.7. The summed E-state index contributed by atoms with van der Waals surface area (Å²) in [4.78, 5) is 14.1. The van der Waals surface area contributed by atoms with Crippen LogP contribution in [0.25, 0.3) is 0 Å². The Hall–Kier alpha value is -2.67. The maximum atomic E-state index is 13.7. The van der Waals surface area contributed by atoms with Crippen molar-refractivity contribution in [2.24, 2.45) is 0 Å². The molecule has 0 radical (unpaired) electrons. The van der Waals surface area contributed by atoms with Crippen LogP contribution in [0.2, 0.25) is 0 Å². The molecule has 26 heavy (non-hydrogen) atoms. The molecule has 2 unspecified atom stereocenters. The molecular weight excluding hydrogens is 342 g/mol. The first-order valence-corrected chi connectivity index (χ1v) is 8.28. The Morgan fingerprint density at radius 1 is 1.27 bits per heavy atom. The molecule has 5 nitrogen and oxygen atoms in total. The quantitative estimate of drug-likeness (QED) is 0.888. The van der Waals surface area contributed by atoms with Gasteiger partial charge in [-0.25, -0.2) is 8.78 Å². The number of hydrogen-bond donors (Lipinski definition) is 1. The average molecular weight is 362 g/mol. The molecule has 1 aliphatic heterocycles. The highest BCUT2D eigenvalue weighted by atomic mass is 19.1. The fourth-order valence-corrected chi connectivity index (χ4v) is 2.66. The summed E-state index contributed by atoms with van der Waals surface area (Å²) < 4.78 is 38.4. The average Bonchev–Trinajstić information content (AvgIpc) is 2.64. The number of fused-ring (bicyclic) bond motifs is 1. The Morgan fingerprint density at radius 3 is 2.77 bits per heavy atom. The van der Waals surface area contributed by atoms with Crippen molar-refractivity contribution in [3.8, 4) is 11.5 Å². The Kier molecular flexibility index (Phi) is 5.37. The minimum atomic E-state index is -0.685. The predicted octanol–water partition coefficient (Wildman–Crippen LogP) is 3.06. The zero-order valence-electron chi connectivity index (χ0n) is 14.5. The van der Waals surface area contributed by atoms with E-state index in [0.717, 1.165) is 18.2 Å². The molecule has 3 rings (SSSR count). The highest BCUT2D eigenvalue weighted by molar-refractivity contribution is 5.94. The van der Waals surface area contributed by atoms with Crippen molar-refractivity contribution in [1.29, 1.82) is 0 Å². The summed E-state index contributed by atoms with van der Waals surface area (Å²) in [6.45, 7) is 2.49. The second-order valence-electron chi connectivity index (χ2n) is 6.23. The van der Waals surface area contributed by atoms with Crippen molar-refractivity contribution >= 4 is 11.6 Å². The van der Waals surface area contributed by atoms with Gasteiger partial charge in [0.1, 0.15) is 24.3 Å². The molecule has 2 aromatic carbocycles. The Bertz CT molecular complexity index is 800. The predicted molar refractivity (Wildman–Crippen MR) is 93.4 cm³/mol. The van der Waals surface area contributed by atoms with Gasteiger partial charge in [-0.2, -0.15) is 0 Å². The lowest BCUT2D eigenvalue weighted by Gasteiger charge is -2.31. The number of carbonyl (C=O) groups is 1. The lowest BCUT2D eigenvalue weighted by molar-refractivity contribution is -0.120. The summed E-state index contributed by atoms with van der Waals surface area (Å²) in [5, 5.41) is 2.42. The molecule has 0 fully saturated rings. The van der Waals surface area contributed by atoms with Crippen molar-refractivity contribution in [2.75, 3.05) is 25.5 Å². The van der Waals surface area contributed by atoms with E-state index < -0.39 is 23.6 Å². The number of rotatable bonds is 5. The number of hydrogen-bond acceptors (Lipinski definition) is 4. The number of likely N-dealkylation sites (N-methyl/N-ethyl adjacent to an activating group) is 1. The van der Waals surface area contributed by atoms with E-state index in [9.17, 15) is 13.6 Å². The molecule has 1 amide bonds. The van der Waals surface area contributed by atoms with E-state index in [1.165, 1.54) is 0 Å². The van der Waals surface area contributed by atoms with Gasteiger partial charge in [-0.15, -0.1) is 0 Å². The van der Waals surface area contributed by atoms with Crippen LogP contribution < -0.4 is 14.8 Å². The molecule has 0 aromatic heterocycles. The molecule has 0 bridgehead atoms. The highest BCUT2D eigenvalue weighted by Crippen LogP contribution is 2.31. The molecule has 0 saturated carbocycles. The SMILES string of the molecule is CC(C(=O)Nc1cc(F)ccc1F)N(C)CC1COc2ccccc2O1. The number of carbonyl (C=O) groups excluding carboxylic acids is 1. The van der Waals surface area contributed by atoms with Crippen LogP contribution in [0, 0.1) is 11.6 Å². The normalized spacial score (nSPS) is 17.0. The summed E-state index contributed by atoms with van der Waals surface area (Å²) in [5.41, 5.74) is -0.179. The number of halogens is 2. The molecule has 2 atom stereocenters. The van der Waals surface area contributed by atoms with E-state index in [-0.39, 0.29) is 11.8 Å². The fourth-order valence-electron chi connectivity index (χ4n) is 2.66. The maximum absolute atomic E-state index is 13.7. The third-order valence-corrected chi connectivity index (χ3v) is 4.29. The minimum absolute atomic E-state index is 0.179. The van der Waals surface area contributed by atoms with Crippen LogP contribution in [0.4, 0.5) is 14.5 Å². The fraction of sp³-hybridized carbons (Fsp3) is 0.316. The number of anilines is 1. The molecule has 0 aliphatic carbocycles. The van der Waals surface area contributed by atoms with Crippen LogP contribution in [0.1, 0.15) is 6.92 Å². The third-order valence-electron chi connectivity index (χ3n) is 4.29. The van der Waals surface area contributed by atoms with E-state index in [1.54, 1.807) is 18.9 Å². The number of para-hydroxylation sites is 2. The third kappa shape index (κ3) is 4.11. The maximum Gasteiger partial charge on any atom is 0.241 e. The summed E-state index contributed by atoms with van der Waals surface area (Å²) >= 11 is 0. The van der Waals surface area contributed by atoms with Crippen LogP contribution >= 0.6 is 0 Å². The van der Waals surface area contributed by atoms with E-state index >= 15 is 0 Å². The number of benzene rings is 2. The van der Waals surface area contributed by atoms with E-state index in [4.69, 9.17) is 9.47 Å². The molecule has 138 valence electrons. The number of nitrogens with one attached hydrogen (secondary N) is 1. The number of nitrogens with zero attached hydrogens (tertiary/aromatic N) is 1. The summed E-state index contributed by atoms with van der Waals surface area (Å²) in [6, 6.07) is 9.74. The van der Waals surface area contributed by atoms with Crippen molar-refractivity contribution in [3.63, 3.8) is 0 Å². The van der Waals surface area contributed by atoms with Crippen molar-refractivity contribution < 1.29 is 23.0 Å². The second-order valence-corrected chi connectivity index (χ2v) is 6.23. The van der Waals surface area contributed by atoms with Crippen LogP contribution in [0.15, 0.2) is 42.5 Å². The monoisotopic (exact) mass is 362 g/mol. The van der Waals surface area contributed by atoms with Crippen LogP contribution in [0.5, 0.6) is 11.5 Å². The molecule has 1 N–H and O–H groups in total. The van der Waals surface area contributed by atoms with Gasteiger partial charge in [0.25, 0.3) is 0 Å². The molecule has 0 spiro atoms. The molecule has 1 heterocycles. The van der Waals surface area contributed by atoms with Gasteiger partial charge >= 0.3 is 0 Å². The van der Waals surface area contributed by atoms with Crippen molar-refractivity contribution in [1.82, 2.24) is 4.90 Å². The first kappa shape index (κ1) is 18.1. The standard InChI is InChI=1S/C19H20F2N2O3/c1-12(19(24)22-16-9-13(20)7-8-15(16)21)23(2)10-14-11-25-17-5-3-4-6-18(17)26-14/h3-9,12,14H,10-11H2,1-2H3,(H,22,24). The molecule has 0 saturated heterocycles. The first-order chi connectivity index (χ1) is 12.4. The second kappa shape index (κ2) is 7.70. The number of amides is 1. The summed E-state index contributed by atoms with van der Waals surface area (Å²) in [7, 11) is 1.76. The smallest absolute Gasteiger partial charge is 0.241 e. The number of ether oxygens (including phenoxy) is 2. The molecule has 7 heteroatoms. The van der Waals surface area contributed by atoms with Crippen molar-refractivity contribution in [2.45, 2.75) is 19.1 Å². The largest absolute Gasteiger partial charge is 0.486 e. The van der Waals surface area contributed by atoms with Crippen LogP contribution in [-0.4, -0.2) is 43.2 Å². The van der Waals surface area contributed by atoms with Gasteiger partial charge in [0, 0.05) is 12.6 Å². The van der Waals surface area contributed by atoms with Gasteiger partial charge in [-0.1, -0.05) is 12.1 Å². The van der Waals surface area contributed by atoms with Crippen LogP contribution in [-0.2, 0) is 4.79 Å². The molecular formula is C19H20F2N2O3. The van der Waals surface area contributed by atoms with Gasteiger partial charge in [0.2, 0.25) is 5.91 Å². The van der Waals surface area contributed by atoms with Crippen molar-refractivity contribution in [3.05, 3.63) is 54.1 Å². The topological polar surface area (TPSA) is 50.8 Å². The van der Waals surface area contributed by atoms with E-state index in [1.807, 2.05) is 24.3 Å². The van der Waals surface area contributed by atoms with Gasteiger partial charge < -0.3 is 14.8 Å². The van der Waals surface area contributed by atoms with Gasteiger partial charge in [0.15, 0.2) is 11.5 Å². The van der Waals surface area contributed by atoms with Gasteiger partial charge in [0.05, 0.1) is 11.7 Å². The van der Waals surface area contributed by atoms with E-state index in [2.05, 4.69) is 5.32 Å². The van der Waals surface area contributed by atoms with Gasteiger partial charge in [-0.05, 0) is 38.2 Å². The Labute approximate surface area is 150 Å². The Balaban J connectivity index is 1.58. The lowest BCUT2D eigenvalue weighted by Crippen LogP contribution is -2.46. The van der Waals surface area contributed by atoms with E-state index in [0.29, 0.717) is 24.7 Å². The first-order valence-electron chi connectivity index (χ1n) is 8.28. The summed E-state index contributed by atoms with van der Waals surface area (Å²) in [5.74, 6) is -0.381.